The number of carbonyl (C=O) groups is 1. The largest absolute Gasteiger partial charge is 0.285 e. The molecule has 6 rings (SSSR count). The highest BCUT2D eigenvalue weighted by molar-refractivity contribution is 7.24. The normalized spacial score (nSPS) is 15.2. The second kappa shape index (κ2) is 12.2. The Morgan fingerprint density at radius 2 is 1.53 bits per heavy atom. The Bertz CT molecular complexity index is 2000. The molecule has 5 heteroatoms. The van der Waals surface area contributed by atoms with E-state index in [1.54, 1.807) is 22.7 Å². The summed E-state index contributed by atoms with van der Waals surface area (Å²) in [7, 11) is 0. The second-order valence-corrected chi connectivity index (χ2v) is 13.4. The maximum absolute atomic E-state index is 13.1. The molecule has 1 atom stereocenters. The molecule has 2 aliphatic rings. The predicted octanol–water partition coefficient (Wildman–Crippen LogP) is 10.2. The lowest BCUT2D eigenvalue weighted by atomic mass is 9.73. The molecule has 43 heavy (non-hydrogen) atoms. The number of hydrogen-bond acceptors (Lipinski definition) is 5. The summed E-state index contributed by atoms with van der Waals surface area (Å²) in [6.45, 7) is 9.87. The maximum atomic E-state index is 13.1. The Hall–Kier alpha value is -4.21. The SMILES string of the molecule is C=C=C=C=C=C=C=CC1(CCCCCCCC)c2cc(C)ccc2-c2ccc(-c3nc4c(s3)-c3sc(C)nc3C4=O)cc21. The van der Waals surface area contributed by atoms with Gasteiger partial charge in [0.1, 0.15) is 16.4 Å². The summed E-state index contributed by atoms with van der Waals surface area (Å²) in [6, 6.07) is 13.4. The van der Waals surface area contributed by atoms with Gasteiger partial charge in [-0.25, -0.2) is 9.97 Å². The molecular weight excluding hydrogens is 565 g/mol. The third-order valence-electron chi connectivity index (χ3n) is 8.28. The van der Waals surface area contributed by atoms with Gasteiger partial charge in [0.25, 0.3) is 0 Å². The Morgan fingerprint density at radius 1 is 0.837 bits per heavy atom. The number of ketones is 1. The minimum absolute atomic E-state index is 0.0634. The first kappa shape index (κ1) is 28.9. The van der Waals surface area contributed by atoms with E-state index in [0.717, 1.165) is 38.2 Å². The molecule has 0 N–H and O–H groups in total. The minimum atomic E-state index is -0.373. The van der Waals surface area contributed by atoms with Crippen LogP contribution in [0.15, 0.2) is 83.4 Å². The number of nitrogens with zero attached hydrogens (tertiary/aromatic N) is 2. The molecule has 0 saturated carbocycles. The van der Waals surface area contributed by atoms with Crippen molar-refractivity contribution in [2.75, 3.05) is 0 Å². The van der Waals surface area contributed by atoms with E-state index in [1.807, 2.05) is 6.92 Å². The van der Waals surface area contributed by atoms with Crippen molar-refractivity contribution in [1.82, 2.24) is 9.97 Å². The number of benzene rings is 2. The number of rotatable bonds is 9. The summed E-state index contributed by atoms with van der Waals surface area (Å²) < 4.78 is 0. The molecule has 212 valence electrons. The van der Waals surface area contributed by atoms with Gasteiger partial charge in [-0.3, -0.25) is 4.79 Å². The molecule has 3 nitrogen and oxygen atoms in total. The fraction of sp³-hybridized carbons (Fsp3) is 0.289. The molecule has 2 aliphatic carbocycles. The third kappa shape index (κ3) is 5.28. The molecule has 4 aromatic rings. The highest BCUT2D eigenvalue weighted by Crippen LogP contribution is 2.54. The number of aromatic nitrogens is 2. The van der Waals surface area contributed by atoms with E-state index < -0.39 is 0 Å². The monoisotopic (exact) mass is 596 g/mol. The number of hydrogen-bond donors (Lipinski definition) is 0. The van der Waals surface area contributed by atoms with Gasteiger partial charge < -0.3 is 0 Å². The molecule has 0 bridgehead atoms. The van der Waals surface area contributed by atoms with Gasteiger partial charge in [-0.05, 0) is 84.2 Å². The first-order valence-electron chi connectivity index (χ1n) is 14.9. The zero-order valence-corrected chi connectivity index (χ0v) is 26.5. The van der Waals surface area contributed by atoms with Gasteiger partial charge in [0.2, 0.25) is 5.78 Å². The number of thiazole rings is 2. The van der Waals surface area contributed by atoms with Crippen molar-refractivity contribution in [3.05, 3.63) is 117 Å². The predicted molar refractivity (Wildman–Crippen MR) is 177 cm³/mol. The van der Waals surface area contributed by atoms with Gasteiger partial charge in [-0.15, -0.1) is 22.7 Å². The van der Waals surface area contributed by atoms with Gasteiger partial charge in [0, 0.05) is 11.0 Å². The summed E-state index contributed by atoms with van der Waals surface area (Å²) in [6.07, 6.45) is 10.5. The van der Waals surface area contributed by atoms with E-state index in [2.05, 4.69) is 102 Å². The van der Waals surface area contributed by atoms with Crippen LogP contribution in [0.5, 0.6) is 0 Å². The van der Waals surface area contributed by atoms with Crippen LogP contribution in [-0.2, 0) is 5.41 Å². The van der Waals surface area contributed by atoms with Crippen LogP contribution in [0.1, 0.15) is 89.7 Å². The number of carbonyl (C=O) groups excluding carboxylic acids is 1. The fourth-order valence-electron chi connectivity index (χ4n) is 6.27. The van der Waals surface area contributed by atoms with E-state index in [0.29, 0.717) is 11.4 Å². The third-order valence-corrected chi connectivity index (χ3v) is 10.5. The highest BCUT2D eigenvalue weighted by Gasteiger charge is 2.42. The van der Waals surface area contributed by atoms with Crippen molar-refractivity contribution in [2.24, 2.45) is 0 Å². The molecule has 1 unspecified atom stereocenters. The minimum Gasteiger partial charge on any atom is -0.285 e. The van der Waals surface area contributed by atoms with Crippen molar-refractivity contribution in [2.45, 2.75) is 71.1 Å². The smallest absolute Gasteiger partial charge is 0.232 e. The molecular formula is C38H32N2OS2. The maximum Gasteiger partial charge on any atom is 0.232 e. The zero-order chi connectivity index (χ0) is 30.0. The topological polar surface area (TPSA) is 42.9 Å². The summed E-state index contributed by atoms with van der Waals surface area (Å²) in [5, 5.41) is 1.77. The van der Waals surface area contributed by atoms with E-state index in [-0.39, 0.29) is 11.2 Å². The van der Waals surface area contributed by atoms with Crippen LogP contribution in [0.3, 0.4) is 0 Å². The van der Waals surface area contributed by atoms with E-state index in [4.69, 9.17) is 4.98 Å². The number of allylic oxidation sites excluding steroid dienone is 1. The summed E-state index contributed by atoms with van der Waals surface area (Å²) in [4.78, 5) is 24.3. The van der Waals surface area contributed by atoms with E-state index in [1.165, 1.54) is 59.9 Å². The first-order chi connectivity index (χ1) is 21.0. The van der Waals surface area contributed by atoms with E-state index in [9.17, 15) is 4.79 Å². The van der Waals surface area contributed by atoms with Crippen LogP contribution in [-0.4, -0.2) is 15.8 Å². The van der Waals surface area contributed by atoms with Crippen LogP contribution >= 0.6 is 22.7 Å². The van der Waals surface area contributed by atoms with Crippen molar-refractivity contribution < 1.29 is 4.79 Å². The first-order valence-corrected chi connectivity index (χ1v) is 16.5. The van der Waals surface area contributed by atoms with Gasteiger partial charge in [-0.2, -0.15) is 0 Å². The standard InChI is InChI=1S/C38H32N2OS2/c1-5-7-9-11-13-15-21-38(22-16-14-12-10-8-6-2)30-23-25(3)17-19-28(30)29-20-18-27(24-31(29)38)37-40-33-34(41)32-35(36(33)43-37)42-26(4)39-32/h17-21,23-24H,1,6,8,10,12,14,16,22H2,2-4H3. The lowest BCUT2D eigenvalue weighted by molar-refractivity contribution is 0.103. The molecule has 0 radical (unpaired) electrons. The Balaban J connectivity index is 1.49. The van der Waals surface area contributed by atoms with Crippen LogP contribution in [0.4, 0.5) is 0 Å². The zero-order valence-electron chi connectivity index (χ0n) is 24.8. The second-order valence-electron chi connectivity index (χ2n) is 11.2. The Morgan fingerprint density at radius 3 is 2.35 bits per heavy atom. The molecule has 0 spiro atoms. The van der Waals surface area contributed by atoms with Crippen molar-refractivity contribution in [3.63, 3.8) is 0 Å². The number of aryl methyl sites for hydroxylation is 2. The van der Waals surface area contributed by atoms with Crippen LogP contribution in [0, 0.1) is 13.8 Å². The molecule has 2 aromatic carbocycles. The Labute approximate surface area is 261 Å². The fourth-order valence-corrected chi connectivity index (χ4v) is 8.38. The molecule has 0 amide bonds. The van der Waals surface area contributed by atoms with Crippen molar-refractivity contribution >= 4 is 28.5 Å². The quantitative estimate of drug-likeness (QED) is 0.126. The van der Waals surface area contributed by atoms with Crippen LogP contribution in [0.25, 0.3) is 31.5 Å². The van der Waals surface area contributed by atoms with Gasteiger partial charge in [0.15, 0.2) is 0 Å². The summed E-state index contributed by atoms with van der Waals surface area (Å²) >= 11 is 3.16. The molecule has 0 saturated heterocycles. The molecule has 0 fully saturated rings. The lowest BCUT2D eigenvalue weighted by Crippen LogP contribution is -2.22. The average molecular weight is 597 g/mol. The lowest BCUT2D eigenvalue weighted by Gasteiger charge is -2.28. The number of fused-ring (bicyclic) bond motifs is 6. The molecule has 2 heterocycles. The number of unbranched alkanes of at least 4 members (excludes halogenated alkanes) is 5. The summed E-state index contributed by atoms with van der Waals surface area (Å²) in [5.74, 6) is -0.0634. The highest BCUT2D eigenvalue weighted by atomic mass is 32.1. The van der Waals surface area contributed by atoms with E-state index >= 15 is 0 Å². The van der Waals surface area contributed by atoms with Gasteiger partial charge >= 0.3 is 0 Å². The van der Waals surface area contributed by atoms with Crippen molar-refractivity contribution in [3.8, 4) is 31.5 Å². The van der Waals surface area contributed by atoms with Crippen molar-refractivity contribution in [1.29, 1.82) is 0 Å². The average Bonchev–Trinajstić information content (AvgIpc) is 3.73. The van der Waals surface area contributed by atoms with Crippen LogP contribution in [0.2, 0.25) is 0 Å². The van der Waals surface area contributed by atoms with Gasteiger partial charge in [0.05, 0.1) is 14.8 Å². The van der Waals surface area contributed by atoms with Gasteiger partial charge in [-0.1, -0.05) is 92.8 Å². The Kier molecular flexibility index (Phi) is 8.19. The molecule has 0 aliphatic heterocycles. The van der Waals surface area contributed by atoms with Crippen LogP contribution < -0.4 is 0 Å². The summed E-state index contributed by atoms with van der Waals surface area (Å²) in [5.41, 5.74) is 25.1. The molecule has 2 aromatic heterocycles.